The summed E-state index contributed by atoms with van der Waals surface area (Å²) in [5.41, 5.74) is -0.0950. The first-order valence-electron chi connectivity index (χ1n) is 7.00. The molecule has 3 heteroatoms. The maximum atomic E-state index is 9.44. The van der Waals surface area contributed by atoms with Crippen LogP contribution in [0.4, 0.5) is 0 Å². The molecule has 1 unspecified atom stereocenters. The zero-order chi connectivity index (χ0) is 13.1. The summed E-state index contributed by atoms with van der Waals surface area (Å²) in [4.78, 5) is 0. The predicted octanol–water partition coefficient (Wildman–Crippen LogP) is 3.44. The lowest BCUT2D eigenvalue weighted by molar-refractivity contribution is 0.154. The first-order valence-corrected chi connectivity index (χ1v) is 8.16. The first-order chi connectivity index (χ1) is 8.04. The highest BCUT2D eigenvalue weighted by Crippen LogP contribution is 2.16. The minimum atomic E-state index is -0.0950. The Morgan fingerprint density at radius 2 is 1.82 bits per heavy atom. The lowest BCUT2D eigenvalue weighted by atomic mass is 9.95. The van der Waals surface area contributed by atoms with Gasteiger partial charge in [-0.15, -0.1) is 0 Å². The van der Waals surface area contributed by atoms with Crippen molar-refractivity contribution in [3.63, 3.8) is 0 Å². The summed E-state index contributed by atoms with van der Waals surface area (Å²) in [5, 5.41) is 12.9. The molecule has 0 heterocycles. The Kier molecular flexibility index (Phi) is 10.4. The molecule has 0 saturated carbocycles. The topological polar surface area (TPSA) is 32.3 Å². The van der Waals surface area contributed by atoms with Gasteiger partial charge < -0.3 is 10.4 Å². The molecule has 104 valence electrons. The van der Waals surface area contributed by atoms with Gasteiger partial charge in [-0.3, -0.25) is 0 Å². The lowest BCUT2D eigenvalue weighted by Gasteiger charge is -2.31. The fourth-order valence-electron chi connectivity index (χ4n) is 1.96. The summed E-state index contributed by atoms with van der Waals surface area (Å²) in [5.74, 6) is 2.57. The average Bonchev–Trinajstić information content (AvgIpc) is 2.27. The van der Waals surface area contributed by atoms with Gasteiger partial charge in [0.1, 0.15) is 0 Å². The van der Waals surface area contributed by atoms with Crippen LogP contribution in [0.5, 0.6) is 0 Å². The van der Waals surface area contributed by atoms with Crippen molar-refractivity contribution in [1.29, 1.82) is 0 Å². The van der Waals surface area contributed by atoms with Crippen LogP contribution in [0.25, 0.3) is 0 Å². The molecule has 0 aliphatic carbocycles. The van der Waals surface area contributed by atoms with Crippen LogP contribution in [-0.4, -0.2) is 34.8 Å². The molecule has 0 fully saturated rings. The van der Waals surface area contributed by atoms with E-state index >= 15 is 0 Å². The van der Waals surface area contributed by atoms with E-state index in [0.29, 0.717) is 6.04 Å². The van der Waals surface area contributed by atoms with Gasteiger partial charge in [0, 0.05) is 11.6 Å². The molecule has 2 nitrogen and oxygen atoms in total. The zero-order valence-electron chi connectivity index (χ0n) is 12.1. The molecule has 2 N–H and O–H groups in total. The molecule has 0 radical (unpaired) electrons. The van der Waals surface area contributed by atoms with Gasteiger partial charge in [0.15, 0.2) is 0 Å². The monoisotopic (exact) mass is 261 g/mol. The third-order valence-electron chi connectivity index (χ3n) is 2.90. The molecule has 0 rings (SSSR count). The summed E-state index contributed by atoms with van der Waals surface area (Å²) >= 11 is 2.07. The van der Waals surface area contributed by atoms with Crippen LogP contribution >= 0.6 is 11.8 Å². The van der Waals surface area contributed by atoms with Crippen molar-refractivity contribution in [2.24, 2.45) is 0 Å². The fourth-order valence-corrected chi connectivity index (χ4v) is 3.07. The molecule has 1 atom stereocenters. The van der Waals surface area contributed by atoms with Gasteiger partial charge in [-0.05, 0) is 37.7 Å². The van der Waals surface area contributed by atoms with Gasteiger partial charge >= 0.3 is 0 Å². The van der Waals surface area contributed by atoms with E-state index in [-0.39, 0.29) is 12.1 Å². The standard InChI is InChI=1S/C14H31NOS/c1-5-6-10-17-11-8-7-9-14(4,12-16)15-13(2)3/h13,15-16H,5-12H2,1-4H3. The highest BCUT2D eigenvalue weighted by atomic mass is 32.2. The third kappa shape index (κ3) is 9.93. The number of aliphatic hydroxyl groups excluding tert-OH is 1. The third-order valence-corrected chi connectivity index (χ3v) is 4.05. The van der Waals surface area contributed by atoms with Crippen LogP contribution in [-0.2, 0) is 0 Å². The maximum Gasteiger partial charge on any atom is 0.0610 e. The minimum absolute atomic E-state index is 0.0950. The normalized spacial score (nSPS) is 15.2. The zero-order valence-corrected chi connectivity index (χ0v) is 12.9. The number of thioether (sulfide) groups is 1. The van der Waals surface area contributed by atoms with Gasteiger partial charge in [-0.2, -0.15) is 11.8 Å². The number of hydrogen-bond acceptors (Lipinski definition) is 3. The van der Waals surface area contributed by atoms with Crippen molar-refractivity contribution in [2.45, 2.75) is 71.4 Å². The number of nitrogens with one attached hydrogen (secondary N) is 1. The molecule has 0 aromatic carbocycles. The maximum absolute atomic E-state index is 9.44. The summed E-state index contributed by atoms with van der Waals surface area (Å²) in [6.45, 7) is 8.86. The largest absolute Gasteiger partial charge is 0.394 e. The fraction of sp³-hybridized carbons (Fsp3) is 1.00. The molecule has 0 aliphatic heterocycles. The molecule has 0 aromatic heterocycles. The van der Waals surface area contributed by atoms with E-state index in [4.69, 9.17) is 0 Å². The van der Waals surface area contributed by atoms with Crippen LogP contribution in [0.1, 0.15) is 59.8 Å². The van der Waals surface area contributed by atoms with Crippen molar-refractivity contribution in [3.8, 4) is 0 Å². The lowest BCUT2D eigenvalue weighted by Crippen LogP contribution is -2.49. The Bertz CT molecular complexity index is 176. The minimum Gasteiger partial charge on any atom is -0.394 e. The highest BCUT2D eigenvalue weighted by Gasteiger charge is 2.22. The Balaban J connectivity index is 3.55. The van der Waals surface area contributed by atoms with E-state index < -0.39 is 0 Å². The van der Waals surface area contributed by atoms with E-state index in [0.717, 1.165) is 6.42 Å². The molecule has 0 saturated heterocycles. The summed E-state index contributed by atoms with van der Waals surface area (Å²) in [6, 6.07) is 0.436. The van der Waals surface area contributed by atoms with E-state index in [1.54, 1.807) is 0 Å². The van der Waals surface area contributed by atoms with Crippen LogP contribution in [0.15, 0.2) is 0 Å². The second kappa shape index (κ2) is 10.2. The van der Waals surface area contributed by atoms with Gasteiger partial charge in [-0.1, -0.05) is 33.6 Å². The molecule has 0 spiro atoms. The van der Waals surface area contributed by atoms with Crippen LogP contribution < -0.4 is 5.32 Å². The quantitative estimate of drug-likeness (QED) is 0.559. The van der Waals surface area contributed by atoms with Crippen molar-refractivity contribution in [3.05, 3.63) is 0 Å². The number of rotatable bonds is 11. The van der Waals surface area contributed by atoms with Gasteiger partial charge in [0.05, 0.1) is 6.61 Å². The Morgan fingerprint density at radius 3 is 2.35 bits per heavy atom. The first kappa shape index (κ1) is 17.3. The number of unbranched alkanes of at least 4 members (excludes halogenated alkanes) is 2. The summed E-state index contributed by atoms with van der Waals surface area (Å²) in [6.07, 6.45) is 6.18. The molecule has 0 amide bonds. The van der Waals surface area contributed by atoms with E-state index in [1.165, 1.54) is 37.2 Å². The molecule has 0 bridgehead atoms. The van der Waals surface area contributed by atoms with Gasteiger partial charge in [-0.25, -0.2) is 0 Å². The Labute approximate surface area is 112 Å². The second-order valence-electron chi connectivity index (χ2n) is 5.44. The Hall–Kier alpha value is 0.270. The van der Waals surface area contributed by atoms with Gasteiger partial charge in [0.2, 0.25) is 0 Å². The summed E-state index contributed by atoms with van der Waals surface area (Å²) in [7, 11) is 0. The molecule has 0 aliphatic rings. The van der Waals surface area contributed by atoms with Gasteiger partial charge in [0.25, 0.3) is 0 Å². The van der Waals surface area contributed by atoms with E-state index in [1.807, 2.05) is 0 Å². The predicted molar refractivity (Wildman–Crippen MR) is 79.8 cm³/mol. The number of aliphatic hydroxyl groups is 1. The summed E-state index contributed by atoms with van der Waals surface area (Å²) < 4.78 is 0. The van der Waals surface area contributed by atoms with Crippen molar-refractivity contribution in [2.75, 3.05) is 18.1 Å². The van der Waals surface area contributed by atoms with Crippen molar-refractivity contribution < 1.29 is 5.11 Å². The van der Waals surface area contributed by atoms with Crippen LogP contribution in [0, 0.1) is 0 Å². The van der Waals surface area contributed by atoms with Crippen LogP contribution in [0.2, 0.25) is 0 Å². The average molecular weight is 261 g/mol. The molecule has 17 heavy (non-hydrogen) atoms. The van der Waals surface area contributed by atoms with E-state index in [9.17, 15) is 5.11 Å². The van der Waals surface area contributed by atoms with Crippen LogP contribution in [0.3, 0.4) is 0 Å². The Morgan fingerprint density at radius 1 is 1.18 bits per heavy atom. The smallest absolute Gasteiger partial charge is 0.0610 e. The van der Waals surface area contributed by atoms with Crippen molar-refractivity contribution >= 4 is 11.8 Å². The van der Waals surface area contributed by atoms with Crippen molar-refractivity contribution in [1.82, 2.24) is 5.32 Å². The SMILES string of the molecule is CCCCSCCCCC(C)(CO)NC(C)C. The highest BCUT2D eigenvalue weighted by molar-refractivity contribution is 7.99. The molecule has 0 aromatic rings. The second-order valence-corrected chi connectivity index (χ2v) is 6.67. The molecular formula is C14H31NOS. The molecular weight excluding hydrogens is 230 g/mol. The number of hydrogen-bond donors (Lipinski definition) is 2. The van der Waals surface area contributed by atoms with E-state index in [2.05, 4.69) is 44.8 Å².